The highest BCUT2D eigenvalue weighted by atomic mass is 19.4. The fourth-order valence-electron chi connectivity index (χ4n) is 3.73. The third-order valence-electron chi connectivity index (χ3n) is 5.79. The van der Waals surface area contributed by atoms with E-state index in [0.717, 1.165) is 42.4 Å². The molecule has 0 spiro atoms. The molecule has 0 bridgehead atoms. The first-order valence-electron chi connectivity index (χ1n) is 11.0. The van der Waals surface area contributed by atoms with Gasteiger partial charge in [-0.1, -0.05) is 0 Å². The molecule has 7 nitrogen and oxygen atoms in total. The molecular formula is C24H22F7N3O4. The Morgan fingerprint density at radius 3 is 2.13 bits per heavy atom. The van der Waals surface area contributed by atoms with Gasteiger partial charge in [-0.15, -0.1) is 0 Å². The second-order valence-corrected chi connectivity index (χ2v) is 8.46. The third-order valence-corrected chi connectivity index (χ3v) is 5.79. The molecule has 0 aliphatic heterocycles. The molecule has 4 N–H and O–H groups in total. The summed E-state index contributed by atoms with van der Waals surface area (Å²) in [5.41, 5.74) is 0.669. The number of nitrogens with two attached hydrogens (primary N) is 1. The minimum absolute atomic E-state index is 0.00375. The maximum Gasteiger partial charge on any atom is 0.420 e. The predicted octanol–water partition coefficient (Wildman–Crippen LogP) is 4.75. The van der Waals surface area contributed by atoms with E-state index in [-0.39, 0.29) is 24.6 Å². The van der Waals surface area contributed by atoms with Crippen molar-refractivity contribution in [2.24, 2.45) is 10.7 Å². The van der Waals surface area contributed by atoms with Crippen molar-refractivity contribution in [3.05, 3.63) is 65.1 Å². The molecular weight excluding hydrogens is 527 g/mol. The lowest BCUT2D eigenvalue weighted by Gasteiger charge is -2.22. The van der Waals surface area contributed by atoms with Crippen LogP contribution in [0.1, 0.15) is 29.5 Å². The number of aliphatic hydroxyl groups excluding tert-OH is 2. The Bertz CT molecular complexity index is 1220. The van der Waals surface area contributed by atoms with Crippen LogP contribution in [0.5, 0.6) is 5.75 Å². The first-order chi connectivity index (χ1) is 17.6. The highest BCUT2D eigenvalue weighted by molar-refractivity contribution is 6.11. The van der Waals surface area contributed by atoms with E-state index in [2.05, 4.69) is 4.99 Å². The lowest BCUT2D eigenvalue weighted by atomic mass is 9.98. The third kappa shape index (κ3) is 6.61. The Labute approximate surface area is 211 Å². The number of aliphatic hydroxyl groups is 2. The summed E-state index contributed by atoms with van der Waals surface area (Å²) in [7, 11) is 1.10. The second-order valence-electron chi connectivity index (χ2n) is 8.46. The Kier molecular flexibility index (Phi) is 8.36. The van der Waals surface area contributed by atoms with Crippen LogP contribution in [0.4, 0.5) is 41.2 Å². The monoisotopic (exact) mass is 549 g/mol. The van der Waals surface area contributed by atoms with E-state index in [1.807, 2.05) is 0 Å². The number of nitrogens with zero attached hydrogens (tertiary/aromatic N) is 2. The van der Waals surface area contributed by atoms with Gasteiger partial charge in [0.2, 0.25) is 0 Å². The van der Waals surface area contributed by atoms with Gasteiger partial charge in [-0.05, 0) is 49.2 Å². The van der Waals surface area contributed by atoms with Gasteiger partial charge in [0.15, 0.2) is 5.75 Å². The Morgan fingerprint density at radius 1 is 1.05 bits per heavy atom. The van der Waals surface area contributed by atoms with E-state index in [1.54, 1.807) is 0 Å². The number of carbonyl (C=O) groups excluding carboxylic acids is 1. The van der Waals surface area contributed by atoms with Gasteiger partial charge in [-0.3, -0.25) is 9.89 Å². The van der Waals surface area contributed by atoms with Gasteiger partial charge in [0.25, 0.3) is 0 Å². The van der Waals surface area contributed by atoms with Crippen LogP contribution in [0.15, 0.2) is 47.6 Å². The average molecular weight is 549 g/mol. The van der Waals surface area contributed by atoms with Gasteiger partial charge >= 0.3 is 18.4 Å². The van der Waals surface area contributed by atoms with Gasteiger partial charge < -0.3 is 20.7 Å². The number of ether oxygens (including phenoxy) is 1. The summed E-state index contributed by atoms with van der Waals surface area (Å²) in [6.07, 6.45) is -12.7. The number of aliphatic imine (C=N–C) groups is 1. The van der Waals surface area contributed by atoms with Crippen LogP contribution >= 0.6 is 0 Å². The molecule has 1 saturated carbocycles. The molecule has 0 heterocycles. The molecule has 206 valence electrons. The molecule has 2 unspecified atom stereocenters. The summed E-state index contributed by atoms with van der Waals surface area (Å²) in [6, 6.07) is 3.67. The summed E-state index contributed by atoms with van der Waals surface area (Å²) in [5.74, 6) is -1.92. The molecule has 1 fully saturated rings. The van der Waals surface area contributed by atoms with E-state index in [4.69, 9.17) is 10.5 Å². The topological polar surface area (TPSA) is 108 Å². The van der Waals surface area contributed by atoms with Gasteiger partial charge in [0.1, 0.15) is 5.82 Å². The SMILES string of the molecule is CN(C(=O)Oc1c(/C(C=NC2CC(O)C(O)C2)=C/N)cc(C(F)(F)F)cc1C(F)(F)F)c1ccc(F)cc1. The van der Waals surface area contributed by atoms with Crippen molar-refractivity contribution >= 4 is 23.6 Å². The molecule has 1 aliphatic carbocycles. The normalized spacial score (nSPS) is 20.7. The summed E-state index contributed by atoms with van der Waals surface area (Å²) >= 11 is 0. The number of rotatable bonds is 5. The Hall–Kier alpha value is -3.65. The minimum Gasteiger partial charge on any atom is -0.409 e. The van der Waals surface area contributed by atoms with Crippen LogP contribution in [0.25, 0.3) is 5.57 Å². The summed E-state index contributed by atoms with van der Waals surface area (Å²) < 4.78 is 101. The van der Waals surface area contributed by atoms with Crippen molar-refractivity contribution in [2.45, 2.75) is 43.4 Å². The molecule has 0 radical (unpaired) electrons. The number of amides is 1. The first-order valence-corrected chi connectivity index (χ1v) is 11.0. The zero-order chi connectivity index (χ0) is 28.4. The van der Waals surface area contributed by atoms with Crippen LogP contribution in [0.3, 0.4) is 0 Å². The number of allylic oxidation sites excluding steroid dienone is 1. The van der Waals surface area contributed by atoms with E-state index in [1.165, 1.54) is 0 Å². The first kappa shape index (κ1) is 28.9. The van der Waals surface area contributed by atoms with E-state index >= 15 is 0 Å². The lowest BCUT2D eigenvalue weighted by Crippen LogP contribution is -2.30. The number of halogens is 7. The molecule has 14 heteroatoms. The van der Waals surface area contributed by atoms with Gasteiger partial charge in [0.05, 0.1) is 29.4 Å². The van der Waals surface area contributed by atoms with Gasteiger partial charge in [-0.2, -0.15) is 26.3 Å². The summed E-state index contributed by atoms with van der Waals surface area (Å²) in [6.45, 7) is 0. The van der Waals surface area contributed by atoms with Crippen molar-refractivity contribution in [3.63, 3.8) is 0 Å². The van der Waals surface area contributed by atoms with Crippen LogP contribution in [0, 0.1) is 5.82 Å². The minimum atomic E-state index is -5.39. The van der Waals surface area contributed by atoms with Gasteiger partial charge in [0, 0.05) is 36.3 Å². The van der Waals surface area contributed by atoms with E-state index in [0.29, 0.717) is 12.3 Å². The van der Waals surface area contributed by atoms with Crippen LogP contribution < -0.4 is 15.4 Å². The summed E-state index contributed by atoms with van der Waals surface area (Å²) in [5, 5.41) is 19.3. The molecule has 2 aromatic rings. The van der Waals surface area contributed by atoms with Crippen molar-refractivity contribution in [1.82, 2.24) is 0 Å². The molecule has 2 atom stereocenters. The molecule has 3 rings (SSSR count). The number of hydrogen-bond donors (Lipinski definition) is 3. The van der Waals surface area contributed by atoms with Crippen molar-refractivity contribution in [1.29, 1.82) is 0 Å². The average Bonchev–Trinajstić information content (AvgIpc) is 3.15. The van der Waals surface area contributed by atoms with Crippen molar-refractivity contribution in [3.8, 4) is 5.75 Å². The van der Waals surface area contributed by atoms with E-state index in [9.17, 15) is 45.7 Å². The van der Waals surface area contributed by atoms with Crippen molar-refractivity contribution < 1.29 is 50.5 Å². The van der Waals surface area contributed by atoms with E-state index < -0.39 is 70.5 Å². The fourth-order valence-corrected chi connectivity index (χ4v) is 3.73. The zero-order valence-electron chi connectivity index (χ0n) is 19.6. The fraction of sp³-hybridized carbons (Fsp3) is 0.333. The maximum atomic E-state index is 13.9. The number of anilines is 1. The molecule has 38 heavy (non-hydrogen) atoms. The highest BCUT2D eigenvalue weighted by Gasteiger charge is 2.41. The number of hydrogen-bond acceptors (Lipinski definition) is 6. The van der Waals surface area contributed by atoms with Crippen LogP contribution in [-0.4, -0.2) is 47.8 Å². The molecule has 1 aliphatic rings. The summed E-state index contributed by atoms with van der Waals surface area (Å²) in [4.78, 5) is 17.5. The van der Waals surface area contributed by atoms with Crippen LogP contribution in [0.2, 0.25) is 0 Å². The lowest BCUT2D eigenvalue weighted by molar-refractivity contribution is -0.143. The maximum absolute atomic E-state index is 13.9. The highest BCUT2D eigenvalue weighted by Crippen LogP contribution is 2.44. The number of carbonyl (C=O) groups is 1. The molecule has 0 aromatic heterocycles. The van der Waals surface area contributed by atoms with Gasteiger partial charge in [-0.25, -0.2) is 9.18 Å². The second kappa shape index (κ2) is 11.0. The molecule has 1 amide bonds. The largest absolute Gasteiger partial charge is 0.420 e. The Balaban J connectivity index is 2.11. The zero-order valence-corrected chi connectivity index (χ0v) is 19.6. The molecule has 0 saturated heterocycles. The Morgan fingerprint density at radius 2 is 1.63 bits per heavy atom. The van der Waals surface area contributed by atoms with Crippen LogP contribution in [-0.2, 0) is 12.4 Å². The standard InChI is InChI=1S/C24H22F7N3O4/c1-34(16-4-2-14(25)3-5-16)22(37)38-21-17(6-13(23(26,27)28)7-18(21)24(29,30)31)12(10-32)11-33-15-8-19(35)20(36)9-15/h2-7,10-11,15,19-20,35-36H,8-9,32H2,1H3/b12-10+,33-11?. The van der Waals surface area contributed by atoms with Crippen molar-refractivity contribution in [2.75, 3.05) is 11.9 Å². The number of alkyl halides is 6. The predicted molar refractivity (Wildman–Crippen MR) is 123 cm³/mol. The molecule has 2 aromatic carbocycles. The smallest absolute Gasteiger partial charge is 0.409 e. The quantitative estimate of drug-likeness (QED) is 0.369. The number of benzene rings is 2.